The first kappa shape index (κ1) is 20.4. The van der Waals surface area contributed by atoms with Crippen LogP contribution >= 0.6 is 11.6 Å². The number of amides is 1. The van der Waals surface area contributed by atoms with Crippen LogP contribution in [0.25, 0.3) is 11.8 Å². The molecular weight excluding hydrogens is 390 g/mol. The third-order valence-corrected chi connectivity index (χ3v) is 4.48. The van der Waals surface area contributed by atoms with Crippen molar-refractivity contribution >= 4 is 35.2 Å². The van der Waals surface area contributed by atoms with Gasteiger partial charge in [-0.05, 0) is 44.2 Å². The van der Waals surface area contributed by atoms with Gasteiger partial charge in [-0.15, -0.1) is 0 Å². The number of carbonyl (C=O) groups excluding carboxylic acids is 2. The zero-order chi connectivity index (χ0) is 20.8. The first-order valence-corrected chi connectivity index (χ1v) is 9.34. The highest BCUT2D eigenvalue weighted by Crippen LogP contribution is 2.24. The molecule has 0 aliphatic rings. The maximum absolute atomic E-state index is 12.0. The minimum atomic E-state index is -0.646. The fraction of sp³-hybridized carbons (Fsp3) is 0.136. The highest BCUT2D eigenvalue weighted by molar-refractivity contribution is 6.31. The lowest BCUT2D eigenvalue weighted by atomic mass is 10.2. The minimum absolute atomic E-state index is 0.382. The van der Waals surface area contributed by atoms with Gasteiger partial charge in [-0.1, -0.05) is 47.5 Å². The van der Waals surface area contributed by atoms with Crippen LogP contribution in [0.2, 0.25) is 5.15 Å². The first-order valence-electron chi connectivity index (χ1n) is 8.96. The van der Waals surface area contributed by atoms with Gasteiger partial charge in [-0.3, -0.25) is 4.79 Å². The molecule has 3 aromatic rings. The second-order valence-electron chi connectivity index (χ2n) is 6.39. The summed E-state index contributed by atoms with van der Waals surface area (Å²) in [7, 11) is 0. The summed E-state index contributed by atoms with van der Waals surface area (Å²) in [6, 6.07) is 16.8. The van der Waals surface area contributed by atoms with Crippen molar-refractivity contribution in [2.45, 2.75) is 13.8 Å². The summed E-state index contributed by atoms with van der Waals surface area (Å²) in [4.78, 5) is 23.9. The zero-order valence-corrected chi connectivity index (χ0v) is 16.8. The number of nitrogens with one attached hydrogen (secondary N) is 1. The van der Waals surface area contributed by atoms with E-state index >= 15 is 0 Å². The lowest BCUT2D eigenvalue weighted by Crippen LogP contribution is -2.20. The predicted octanol–water partition coefficient (Wildman–Crippen LogP) is 4.34. The number of para-hydroxylation sites is 1. The monoisotopic (exact) mass is 409 g/mol. The van der Waals surface area contributed by atoms with Crippen molar-refractivity contribution in [1.29, 1.82) is 0 Å². The second kappa shape index (κ2) is 9.21. The van der Waals surface area contributed by atoms with Crippen molar-refractivity contribution in [3.63, 3.8) is 0 Å². The van der Waals surface area contributed by atoms with Crippen LogP contribution in [0.3, 0.4) is 0 Å². The highest BCUT2D eigenvalue weighted by Gasteiger charge is 2.13. The van der Waals surface area contributed by atoms with E-state index in [0.29, 0.717) is 22.1 Å². The number of benzene rings is 2. The third kappa shape index (κ3) is 5.33. The van der Waals surface area contributed by atoms with Gasteiger partial charge in [0.1, 0.15) is 5.15 Å². The topological polar surface area (TPSA) is 73.2 Å². The number of aryl methyl sites for hydroxylation is 2. The van der Waals surface area contributed by atoms with Crippen molar-refractivity contribution < 1.29 is 14.3 Å². The number of rotatable bonds is 6. The Hall–Kier alpha value is -3.38. The average Bonchev–Trinajstić information content (AvgIpc) is 3.01. The maximum Gasteiger partial charge on any atom is 0.331 e. The predicted molar refractivity (Wildman–Crippen MR) is 113 cm³/mol. The number of carbonyl (C=O) groups is 2. The molecule has 3 rings (SSSR count). The van der Waals surface area contributed by atoms with Crippen molar-refractivity contribution in [2.75, 3.05) is 11.9 Å². The summed E-state index contributed by atoms with van der Waals surface area (Å²) in [6.45, 7) is 3.37. The molecule has 0 spiro atoms. The molecule has 0 saturated carbocycles. The van der Waals surface area contributed by atoms with Crippen LogP contribution in [-0.2, 0) is 14.3 Å². The number of anilines is 1. The molecule has 0 aliphatic heterocycles. The van der Waals surface area contributed by atoms with Crippen molar-refractivity contribution in [2.24, 2.45) is 0 Å². The van der Waals surface area contributed by atoms with Gasteiger partial charge >= 0.3 is 5.97 Å². The lowest BCUT2D eigenvalue weighted by molar-refractivity contribution is -0.142. The largest absolute Gasteiger partial charge is 0.452 e. The summed E-state index contributed by atoms with van der Waals surface area (Å²) < 4.78 is 6.58. The summed E-state index contributed by atoms with van der Waals surface area (Å²) in [6.07, 6.45) is 2.76. The van der Waals surface area contributed by atoms with E-state index in [1.807, 2.05) is 49.4 Å². The number of aromatic nitrogens is 2. The summed E-state index contributed by atoms with van der Waals surface area (Å²) >= 11 is 6.41. The molecule has 1 aromatic heterocycles. The van der Waals surface area contributed by atoms with E-state index in [-0.39, 0.29) is 6.61 Å². The molecule has 1 amide bonds. The zero-order valence-electron chi connectivity index (χ0n) is 16.1. The first-order chi connectivity index (χ1) is 13.9. The van der Waals surface area contributed by atoms with E-state index in [1.54, 1.807) is 23.7 Å². The normalized spacial score (nSPS) is 10.9. The van der Waals surface area contributed by atoms with E-state index in [2.05, 4.69) is 10.4 Å². The van der Waals surface area contributed by atoms with Crippen molar-refractivity contribution in [3.8, 4) is 5.69 Å². The van der Waals surface area contributed by atoms with Gasteiger partial charge in [-0.2, -0.15) is 5.10 Å². The highest BCUT2D eigenvalue weighted by atomic mass is 35.5. The van der Waals surface area contributed by atoms with Crippen LogP contribution in [0, 0.1) is 13.8 Å². The van der Waals surface area contributed by atoms with Gasteiger partial charge < -0.3 is 10.1 Å². The second-order valence-corrected chi connectivity index (χ2v) is 6.75. The molecule has 0 unspecified atom stereocenters. The molecule has 1 N–H and O–H groups in total. The number of nitrogens with zero attached hydrogens (tertiary/aromatic N) is 2. The molecule has 0 bridgehead atoms. The molecule has 0 aliphatic carbocycles. The number of halogens is 1. The quantitative estimate of drug-likeness (QED) is 0.485. The number of hydrogen-bond acceptors (Lipinski definition) is 4. The van der Waals surface area contributed by atoms with Gasteiger partial charge in [0.25, 0.3) is 5.91 Å². The van der Waals surface area contributed by atoms with Gasteiger partial charge in [0.2, 0.25) is 0 Å². The van der Waals surface area contributed by atoms with Crippen LogP contribution in [0.1, 0.15) is 16.8 Å². The van der Waals surface area contributed by atoms with E-state index in [4.69, 9.17) is 16.3 Å². The fourth-order valence-corrected chi connectivity index (χ4v) is 2.95. The molecule has 0 saturated heterocycles. The number of hydrogen-bond donors (Lipinski definition) is 1. The van der Waals surface area contributed by atoms with Crippen LogP contribution < -0.4 is 5.32 Å². The van der Waals surface area contributed by atoms with Gasteiger partial charge in [0.05, 0.1) is 11.4 Å². The Morgan fingerprint density at radius 3 is 2.48 bits per heavy atom. The van der Waals surface area contributed by atoms with E-state index in [9.17, 15) is 9.59 Å². The number of esters is 1. The SMILES string of the molecule is Cc1ccc(NC(=O)COC(=O)/C=C/c2c(C)nn(-c3ccccc3)c2Cl)cc1. The standard InChI is InChI=1S/C22H20ClN3O3/c1-15-8-10-17(11-9-15)24-20(27)14-29-21(28)13-12-19-16(2)25-26(22(19)23)18-6-4-3-5-7-18/h3-13H,14H2,1-2H3,(H,24,27)/b13-12+. The molecule has 0 radical (unpaired) electrons. The maximum atomic E-state index is 12.0. The van der Waals surface area contributed by atoms with Crippen LogP contribution in [-0.4, -0.2) is 28.3 Å². The van der Waals surface area contributed by atoms with Gasteiger partial charge in [-0.25, -0.2) is 9.48 Å². The molecule has 29 heavy (non-hydrogen) atoms. The Morgan fingerprint density at radius 1 is 1.10 bits per heavy atom. The summed E-state index contributed by atoms with van der Waals surface area (Å²) in [5, 5.41) is 7.45. The molecular formula is C22H20ClN3O3. The number of ether oxygens (including phenoxy) is 1. The average molecular weight is 410 g/mol. The van der Waals surface area contributed by atoms with Crippen molar-refractivity contribution in [3.05, 3.63) is 82.6 Å². The Kier molecular flexibility index (Phi) is 6.46. The Bertz CT molecular complexity index is 1040. The van der Waals surface area contributed by atoms with Crippen LogP contribution in [0.15, 0.2) is 60.7 Å². The van der Waals surface area contributed by atoms with E-state index in [0.717, 1.165) is 11.3 Å². The molecule has 148 valence electrons. The molecule has 6 nitrogen and oxygen atoms in total. The molecule has 7 heteroatoms. The summed E-state index contributed by atoms with van der Waals surface area (Å²) in [5.74, 6) is -1.06. The lowest BCUT2D eigenvalue weighted by Gasteiger charge is -2.05. The molecule has 2 aromatic carbocycles. The van der Waals surface area contributed by atoms with Crippen LogP contribution in [0.5, 0.6) is 0 Å². The van der Waals surface area contributed by atoms with Gasteiger partial charge in [0, 0.05) is 17.3 Å². The Morgan fingerprint density at radius 2 is 1.79 bits per heavy atom. The Labute approximate surface area is 173 Å². The smallest absolute Gasteiger partial charge is 0.331 e. The third-order valence-electron chi connectivity index (χ3n) is 4.12. The van der Waals surface area contributed by atoms with E-state index < -0.39 is 11.9 Å². The van der Waals surface area contributed by atoms with Crippen molar-refractivity contribution in [1.82, 2.24) is 9.78 Å². The summed E-state index contributed by atoms with van der Waals surface area (Å²) in [5.41, 5.74) is 3.82. The van der Waals surface area contributed by atoms with Crippen LogP contribution in [0.4, 0.5) is 5.69 Å². The Balaban J connectivity index is 1.58. The molecule has 1 heterocycles. The molecule has 0 fully saturated rings. The minimum Gasteiger partial charge on any atom is -0.452 e. The van der Waals surface area contributed by atoms with Gasteiger partial charge in [0.15, 0.2) is 6.61 Å². The molecule has 0 atom stereocenters. The fourth-order valence-electron chi connectivity index (χ4n) is 2.61. The van der Waals surface area contributed by atoms with E-state index in [1.165, 1.54) is 12.2 Å².